The summed E-state index contributed by atoms with van der Waals surface area (Å²) < 4.78 is 7.93. The molecule has 0 fully saturated rings. The number of likely N-dealkylation sites (N-methyl/N-ethyl adjacent to an activating group) is 1. The number of anilines is 1. The fourth-order valence-corrected chi connectivity index (χ4v) is 3.73. The number of fused-ring (bicyclic) bond motifs is 1. The van der Waals surface area contributed by atoms with Crippen LogP contribution in [0.4, 0.5) is 5.69 Å². The van der Waals surface area contributed by atoms with Crippen molar-refractivity contribution in [2.75, 3.05) is 26.0 Å². The average Bonchev–Trinajstić information content (AvgIpc) is 3.26. The topological polar surface area (TPSA) is 88.0 Å². The van der Waals surface area contributed by atoms with Gasteiger partial charge in [-0.2, -0.15) is 0 Å². The predicted molar refractivity (Wildman–Crippen MR) is 135 cm³/mol. The minimum absolute atomic E-state index is 0.0944. The Kier molecular flexibility index (Phi) is 7.42. The zero-order valence-electron chi connectivity index (χ0n) is 20.1. The Bertz CT molecular complexity index is 1350. The van der Waals surface area contributed by atoms with E-state index in [1.165, 1.54) is 0 Å². The predicted octanol–water partition coefficient (Wildman–Crippen LogP) is 3.65. The lowest BCUT2D eigenvalue weighted by Crippen LogP contribution is -2.27. The standard InChI is InChI=1S/C27H29N5O3/c1-19-8-7-13-32-16-22(30-26(19)32)18-35-24-12-5-4-11-23(24)27(34)28-15-20-9-6-10-21(14-20)29-25(33)17-31(2)3/h4-14,16H,15,17-18H2,1-3H3,(H,28,34)(H,29,33). The third kappa shape index (κ3) is 6.24. The quantitative estimate of drug-likeness (QED) is 0.389. The average molecular weight is 472 g/mol. The van der Waals surface area contributed by atoms with Crippen LogP contribution in [0.5, 0.6) is 5.75 Å². The number of imidazole rings is 1. The first-order valence-electron chi connectivity index (χ1n) is 11.4. The van der Waals surface area contributed by atoms with Gasteiger partial charge in [0.05, 0.1) is 17.8 Å². The van der Waals surface area contributed by atoms with Gasteiger partial charge in [0.25, 0.3) is 5.91 Å². The molecule has 4 aromatic rings. The molecular weight excluding hydrogens is 442 g/mol. The van der Waals surface area contributed by atoms with Gasteiger partial charge in [-0.15, -0.1) is 0 Å². The van der Waals surface area contributed by atoms with Gasteiger partial charge in [0.15, 0.2) is 0 Å². The molecule has 0 saturated carbocycles. The third-order valence-corrected chi connectivity index (χ3v) is 5.36. The van der Waals surface area contributed by atoms with Crippen molar-refractivity contribution < 1.29 is 14.3 Å². The number of ether oxygens (including phenoxy) is 1. The van der Waals surface area contributed by atoms with Gasteiger partial charge in [0, 0.05) is 24.6 Å². The lowest BCUT2D eigenvalue weighted by molar-refractivity contribution is -0.116. The molecule has 2 amide bonds. The van der Waals surface area contributed by atoms with E-state index in [0.29, 0.717) is 30.1 Å². The molecule has 0 aliphatic carbocycles. The van der Waals surface area contributed by atoms with Gasteiger partial charge in [0.2, 0.25) is 5.91 Å². The molecular formula is C27H29N5O3. The van der Waals surface area contributed by atoms with E-state index in [0.717, 1.165) is 22.5 Å². The van der Waals surface area contributed by atoms with Gasteiger partial charge < -0.3 is 24.7 Å². The highest BCUT2D eigenvalue weighted by atomic mass is 16.5. The Labute approximate surface area is 204 Å². The number of rotatable bonds is 9. The number of benzene rings is 2. The van der Waals surface area contributed by atoms with Crippen LogP contribution in [-0.4, -0.2) is 46.7 Å². The number of amides is 2. The second-order valence-corrected chi connectivity index (χ2v) is 8.61. The van der Waals surface area contributed by atoms with Crippen LogP contribution in [0.1, 0.15) is 27.2 Å². The minimum Gasteiger partial charge on any atom is -0.486 e. The maximum absolute atomic E-state index is 12.9. The summed E-state index contributed by atoms with van der Waals surface area (Å²) in [6.45, 7) is 2.88. The smallest absolute Gasteiger partial charge is 0.255 e. The Morgan fingerprint density at radius 1 is 1.06 bits per heavy atom. The fourth-order valence-electron chi connectivity index (χ4n) is 3.73. The number of aromatic nitrogens is 2. The Morgan fingerprint density at radius 2 is 1.89 bits per heavy atom. The summed E-state index contributed by atoms with van der Waals surface area (Å²) in [6, 6.07) is 18.5. The number of para-hydroxylation sites is 1. The molecule has 8 nitrogen and oxygen atoms in total. The molecule has 0 spiro atoms. The van der Waals surface area contributed by atoms with Crippen molar-refractivity contribution in [2.24, 2.45) is 0 Å². The summed E-state index contributed by atoms with van der Waals surface area (Å²) in [6.07, 6.45) is 3.87. The van der Waals surface area contributed by atoms with E-state index >= 15 is 0 Å². The molecule has 2 heterocycles. The van der Waals surface area contributed by atoms with Crippen LogP contribution in [0.2, 0.25) is 0 Å². The number of carbonyl (C=O) groups is 2. The van der Waals surface area contributed by atoms with Gasteiger partial charge in [-0.1, -0.05) is 30.3 Å². The fraction of sp³-hybridized carbons (Fsp3) is 0.222. The van der Waals surface area contributed by atoms with Gasteiger partial charge >= 0.3 is 0 Å². The number of aryl methyl sites for hydroxylation is 1. The maximum atomic E-state index is 12.9. The largest absolute Gasteiger partial charge is 0.486 e. The summed E-state index contributed by atoms with van der Waals surface area (Å²) in [7, 11) is 3.68. The molecule has 2 aromatic heterocycles. The second kappa shape index (κ2) is 10.8. The van der Waals surface area contributed by atoms with E-state index in [1.54, 1.807) is 23.1 Å². The normalized spacial score (nSPS) is 11.0. The monoisotopic (exact) mass is 471 g/mol. The molecule has 0 bridgehead atoms. The van der Waals surface area contributed by atoms with Crippen LogP contribution < -0.4 is 15.4 Å². The lowest BCUT2D eigenvalue weighted by atomic mass is 10.1. The van der Waals surface area contributed by atoms with Crippen molar-refractivity contribution in [3.8, 4) is 5.75 Å². The zero-order valence-corrected chi connectivity index (χ0v) is 20.1. The van der Waals surface area contributed by atoms with E-state index in [9.17, 15) is 9.59 Å². The second-order valence-electron chi connectivity index (χ2n) is 8.61. The maximum Gasteiger partial charge on any atom is 0.255 e. The van der Waals surface area contributed by atoms with Crippen LogP contribution >= 0.6 is 0 Å². The molecule has 2 N–H and O–H groups in total. The molecule has 8 heteroatoms. The first-order valence-corrected chi connectivity index (χ1v) is 11.4. The summed E-state index contributed by atoms with van der Waals surface area (Å²) in [5.74, 6) is 0.153. The van der Waals surface area contributed by atoms with E-state index in [4.69, 9.17) is 4.74 Å². The molecule has 0 aliphatic rings. The van der Waals surface area contributed by atoms with Crippen LogP contribution in [0.3, 0.4) is 0 Å². The van der Waals surface area contributed by atoms with Crippen LogP contribution in [0.15, 0.2) is 73.1 Å². The van der Waals surface area contributed by atoms with Crippen molar-refractivity contribution in [1.82, 2.24) is 19.6 Å². The number of nitrogens with zero attached hydrogens (tertiary/aromatic N) is 3. The third-order valence-electron chi connectivity index (χ3n) is 5.36. The van der Waals surface area contributed by atoms with E-state index in [-0.39, 0.29) is 18.4 Å². The van der Waals surface area contributed by atoms with Gasteiger partial charge in [0.1, 0.15) is 18.0 Å². The van der Waals surface area contributed by atoms with E-state index in [2.05, 4.69) is 15.6 Å². The summed E-state index contributed by atoms with van der Waals surface area (Å²) in [5, 5.41) is 5.80. The molecule has 2 aromatic carbocycles. The molecule has 180 valence electrons. The summed E-state index contributed by atoms with van der Waals surface area (Å²) in [4.78, 5) is 31.4. The molecule has 4 rings (SSSR count). The van der Waals surface area contributed by atoms with Crippen molar-refractivity contribution >= 4 is 23.1 Å². The van der Waals surface area contributed by atoms with Gasteiger partial charge in [-0.25, -0.2) is 4.98 Å². The Balaban J connectivity index is 1.38. The molecule has 0 aliphatic heterocycles. The van der Waals surface area contributed by atoms with Crippen molar-refractivity contribution in [3.63, 3.8) is 0 Å². The molecule has 35 heavy (non-hydrogen) atoms. The number of carbonyl (C=O) groups excluding carboxylic acids is 2. The van der Waals surface area contributed by atoms with Crippen molar-refractivity contribution in [1.29, 1.82) is 0 Å². The first-order chi connectivity index (χ1) is 16.9. The van der Waals surface area contributed by atoms with Gasteiger partial charge in [-0.3, -0.25) is 9.59 Å². The Hall–Kier alpha value is -4.17. The SMILES string of the molecule is Cc1cccn2cc(COc3ccccc3C(=O)NCc3cccc(NC(=O)CN(C)C)c3)nc12. The molecule has 0 atom stereocenters. The van der Waals surface area contributed by atoms with Crippen LogP contribution in [0.25, 0.3) is 5.65 Å². The highest BCUT2D eigenvalue weighted by Gasteiger charge is 2.13. The van der Waals surface area contributed by atoms with E-state index < -0.39 is 0 Å². The highest BCUT2D eigenvalue weighted by Crippen LogP contribution is 2.20. The molecule has 0 unspecified atom stereocenters. The van der Waals surface area contributed by atoms with E-state index in [1.807, 2.05) is 80.3 Å². The van der Waals surface area contributed by atoms with Crippen LogP contribution in [-0.2, 0) is 17.9 Å². The van der Waals surface area contributed by atoms with Crippen molar-refractivity contribution in [3.05, 3.63) is 95.4 Å². The number of pyridine rings is 1. The van der Waals surface area contributed by atoms with Crippen molar-refractivity contribution in [2.45, 2.75) is 20.1 Å². The first kappa shape index (κ1) is 24.0. The lowest BCUT2D eigenvalue weighted by Gasteiger charge is -2.12. The van der Waals surface area contributed by atoms with Gasteiger partial charge in [-0.05, 0) is 62.5 Å². The number of hydrogen-bond donors (Lipinski definition) is 2. The van der Waals surface area contributed by atoms with Crippen LogP contribution in [0, 0.1) is 6.92 Å². The highest BCUT2D eigenvalue weighted by molar-refractivity contribution is 5.97. The number of nitrogens with one attached hydrogen (secondary N) is 2. The molecule has 0 saturated heterocycles. The summed E-state index contributed by atoms with van der Waals surface area (Å²) in [5.41, 5.74) is 4.76. The molecule has 0 radical (unpaired) electrons. The summed E-state index contributed by atoms with van der Waals surface area (Å²) >= 11 is 0. The number of hydrogen-bond acceptors (Lipinski definition) is 5. The minimum atomic E-state index is -0.242. The zero-order chi connectivity index (χ0) is 24.8. The Morgan fingerprint density at radius 3 is 2.69 bits per heavy atom.